The molecule has 0 aromatic rings. The number of rotatable bonds is 18. The van der Waals surface area contributed by atoms with Gasteiger partial charge in [0.05, 0.1) is 0 Å². The Balaban J connectivity index is 3.03. The molecule has 140 valence electrons. The lowest BCUT2D eigenvalue weighted by Crippen LogP contribution is -2.28. The predicted molar refractivity (Wildman–Crippen MR) is 111 cm³/mol. The number of nitrogens with zero attached hydrogens (tertiary/aromatic N) is 1. The second kappa shape index (κ2) is 18.5. The molecule has 0 fully saturated rings. The normalized spacial score (nSPS) is 12.9. The maximum Gasteiger partial charge on any atom is 0.108 e. The molecule has 23 heavy (non-hydrogen) atoms. The second-order valence-corrected chi connectivity index (χ2v) is 11.2. The second-order valence-electron chi connectivity index (χ2n) is 7.90. The molecule has 0 radical (unpaired) electrons. The van der Waals surface area contributed by atoms with Crippen LogP contribution in [0, 0.1) is 0 Å². The lowest BCUT2D eigenvalue weighted by atomic mass is 10.0. The highest BCUT2D eigenvalue weighted by Crippen LogP contribution is 2.14. The summed E-state index contributed by atoms with van der Waals surface area (Å²) >= 11 is 0. The first-order chi connectivity index (χ1) is 11.2. The van der Waals surface area contributed by atoms with Gasteiger partial charge in [0.1, 0.15) is 8.96 Å². The Morgan fingerprint density at radius 3 is 1.13 bits per heavy atom. The molecule has 0 saturated carbocycles. The maximum absolute atomic E-state index is 2.48. The first kappa shape index (κ1) is 23.2. The summed E-state index contributed by atoms with van der Waals surface area (Å²) in [5, 5.41) is 0. The molecular formula is C21H47NSi. The van der Waals surface area contributed by atoms with E-state index in [1.165, 1.54) is 109 Å². The highest BCUT2D eigenvalue weighted by atomic mass is 28.3. The van der Waals surface area contributed by atoms with Gasteiger partial charge in [-0.05, 0) is 20.1 Å². The average Bonchev–Trinajstić information content (AvgIpc) is 2.54. The van der Waals surface area contributed by atoms with E-state index in [0.717, 1.165) is 0 Å². The van der Waals surface area contributed by atoms with Gasteiger partial charge in [0.25, 0.3) is 0 Å². The lowest BCUT2D eigenvalue weighted by molar-refractivity contribution is 0.530. The van der Waals surface area contributed by atoms with Gasteiger partial charge >= 0.3 is 0 Å². The molecule has 0 saturated heterocycles. The van der Waals surface area contributed by atoms with Crippen molar-refractivity contribution in [2.45, 2.75) is 122 Å². The topological polar surface area (TPSA) is 3.24 Å². The highest BCUT2D eigenvalue weighted by molar-refractivity contribution is 6.54. The van der Waals surface area contributed by atoms with E-state index < -0.39 is 8.96 Å². The van der Waals surface area contributed by atoms with Gasteiger partial charge in [-0.1, -0.05) is 116 Å². The first-order valence-corrected chi connectivity index (χ1v) is 13.3. The van der Waals surface area contributed by atoms with Crippen LogP contribution in [0.3, 0.4) is 0 Å². The van der Waals surface area contributed by atoms with Gasteiger partial charge in [-0.3, -0.25) is 0 Å². The zero-order chi connectivity index (χ0) is 17.2. The van der Waals surface area contributed by atoms with E-state index in [9.17, 15) is 0 Å². The van der Waals surface area contributed by atoms with Crippen molar-refractivity contribution in [2.24, 2.45) is 0 Å². The zero-order valence-electron chi connectivity index (χ0n) is 17.0. The molecule has 0 heterocycles. The quantitative estimate of drug-likeness (QED) is 0.189. The molecule has 0 rings (SSSR count). The summed E-state index contributed by atoms with van der Waals surface area (Å²) in [6.07, 6.45) is 23.5. The summed E-state index contributed by atoms with van der Waals surface area (Å²) in [5.41, 5.74) is 0. The summed E-state index contributed by atoms with van der Waals surface area (Å²) in [6.45, 7) is 4.78. The van der Waals surface area contributed by atoms with Crippen LogP contribution >= 0.6 is 0 Å². The van der Waals surface area contributed by atoms with Gasteiger partial charge in [-0.2, -0.15) is 0 Å². The van der Waals surface area contributed by atoms with E-state index in [-0.39, 0.29) is 0 Å². The summed E-state index contributed by atoms with van der Waals surface area (Å²) in [7, 11) is 3.97. The van der Waals surface area contributed by atoms with Gasteiger partial charge in [-0.15, -0.1) is 0 Å². The van der Waals surface area contributed by atoms with Crippen molar-refractivity contribution >= 4 is 8.96 Å². The fourth-order valence-electron chi connectivity index (χ4n) is 3.25. The molecule has 0 spiro atoms. The monoisotopic (exact) mass is 341 g/mol. The van der Waals surface area contributed by atoms with Crippen LogP contribution in [0.1, 0.15) is 110 Å². The van der Waals surface area contributed by atoms with Crippen LogP contribution in [-0.2, 0) is 0 Å². The van der Waals surface area contributed by atoms with Crippen LogP contribution in [0.4, 0.5) is 0 Å². The van der Waals surface area contributed by atoms with Gasteiger partial charge in [0.2, 0.25) is 0 Å². The maximum atomic E-state index is 2.48. The minimum atomic E-state index is -0.535. The Morgan fingerprint density at radius 1 is 0.522 bits per heavy atom. The number of unbranched alkanes of at least 4 members (excludes halogenated alkanes) is 15. The SMILES string of the molecule is CCCCCCCCCCCCCCCCCC[SiH](C)N(C)C. The van der Waals surface area contributed by atoms with Gasteiger partial charge < -0.3 is 4.57 Å². The highest BCUT2D eigenvalue weighted by Gasteiger charge is 2.05. The van der Waals surface area contributed by atoms with Gasteiger partial charge in [0, 0.05) is 0 Å². The third-order valence-corrected chi connectivity index (χ3v) is 8.36. The van der Waals surface area contributed by atoms with Gasteiger partial charge in [0.15, 0.2) is 0 Å². The minimum Gasteiger partial charge on any atom is -0.332 e. The molecule has 0 aromatic heterocycles. The Morgan fingerprint density at radius 2 is 0.826 bits per heavy atom. The average molecular weight is 342 g/mol. The summed E-state index contributed by atoms with van der Waals surface area (Å²) in [4.78, 5) is 0. The van der Waals surface area contributed by atoms with Crippen LogP contribution in [0.25, 0.3) is 0 Å². The smallest absolute Gasteiger partial charge is 0.108 e. The molecule has 0 N–H and O–H groups in total. The van der Waals surface area contributed by atoms with Crippen molar-refractivity contribution < 1.29 is 0 Å². The molecule has 2 heteroatoms. The van der Waals surface area contributed by atoms with Crippen molar-refractivity contribution in [2.75, 3.05) is 14.1 Å². The van der Waals surface area contributed by atoms with Crippen LogP contribution in [-0.4, -0.2) is 27.6 Å². The third-order valence-electron chi connectivity index (χ3n) is 5.36. The van der Waals surface area contributed by atoms with E-state index in [2.05, 4.69) is 32.1 Å². The van der Waals surface area contributed by atoms with Crippen molar-refractivity contribution in [3.63, 3.8) is 0 Å². The van der Waals surface area contributed by atoms with Gasteiger partial charge in [-0.25, -0.2) is 0 Å². The van der Waals surface area contributed by atoms with Crippen LogP contribution in [0.15, 0.2) is 0 Å². The summed E-state index contributed by atoms with van der Waals surface area (Å²) < 4.78 is 2.48. The van der Waals surface area contributed by atoms with Crippen molar-refractivity contribution in [1.29, 1.82) is 0 Å². The fraction of sp³-hybridized carbons (Fsp3) is 1.00. The molecule has 0 aliphatic heterocycles. The van der Waals surface area contributed by atoms with Crippen molar-refractivity contribution in [1.82, 2.24) is 4.57 Å². The molecule has 1 unspecified atom stereocenters. The Kier molecular flexibility index (Phi) is 18.7. The molecule has 0 amide bonds. The van der Waals surface area contributed by atoms with Crippen LogP contribution < -0.4 is 0 Å². The summed E-state index contributed by atoms with van der Waals surface area (Å²) in [6, 6.07) is 1.51. The van der Waals surface area contributed by atoms with E-state index >= 15 is 0 Å². The van der Waals surface area contributed by atoms with E-state index in [4.69, 9.17) is 0 Å². The molecule has 1 atom stereocenters. The molecule has 0 bridgehead atoms. The van der Waals surface area contributed by atoms with Crippen LogP contribution in [0.5, 0.6) is 0 Å². The fourth-order valence-corrected chi connectivity index (χ4v) is 4.64. The van der Waals surface area contributed by atoms with E-state index in [1.807, 2.05) is 0 Å². The zero-order valence-corrected chi connectivity index (χ0v) is 18.2. The number of hydrogen-bond acceptors (Lipinski definition) is 1. The Hall–Kier alpha value is 0.177. The van der Waals surface area contributed by atoms with Crippen molar-refractivity contribution in [3.05, 3.63) is 0 Å². The molecular weight excluding hydrogens is 294 g/mol. The molecule has 0 aromatic carbocycles. The van der Waals surface area contributed by atoms with E-state index in [1.54, 1.807) is 0 Å². The third kappa shape index (κ3) is 18.4. The molecule has 0 aliphatic rings. The molecule has 0 aliphatic carbocycles. The Bertz CT molecular complexity index is 218. The number of hydrogen-bond donors (Lipinski definition) is 0. The molecule has 1 nitrogen and oxygen atoms in total. The van der Waals surface area contributed by atoms with E-state index in [0.29, 0.717) is 0 Å². The van der Waals surface area contributed by atoms with Crippen LogP contribution in [0.2, 0.25) is 12.6 Å². The Labute approximate surface area is 150 Å². The summed E-state index contributed by atoms with van der Waals surface area (Å²) in [5.74, 6) is 0. The predicted octanol–water partition coefficient (Wildman–Crippen LogP) is 7.16. The standard InChI is InChI=1S/C21H47NSi/c1-5-6-7-8-9-10-11-12-13-14-15-16-17-18-19-20-21-23(4)22(2)3/h23H,5-21H2,1-4H3. The van der Waals surface area contributed by atoms with Crippen molar-refractivity contribution in [3.8, 4) is 0 Å². The first-order valence-electron chi connectivity index (χ1n) is 10.8. The minimum absolute atomic E-state index is 0.535. The largest absolute Gasteiger partial charge is 0.332 e. The lowest BCUT2D eigenvalue weighted by Gasteiger charge is -2.17.